The van der Waals surface area contributed by atoms with Crippen molar-refractivity contribution < 1.29 is 4.74 Å². The minimum atomic E-state index is -0.0780. The van der Waals surface area contributed by atoms with Crippen LogP contribution in [0.2, 0.25) is 0 Å². The van der Waals surface area contributed by atoms with Crippen molar-refractivity contribution in [3.63, 3.8) is 0 Å². The van der Waals surface area contributed by atoms with Crippen molar-refractivity contribution in [1.82, 2.24) is 34.7 Å². The zero-order valence-electron chi connectivity index (χ0n) is 15.3. The first-order chi connectivity index (χ1) is 13.1. The number of fused-ring (bicyclic) bond motifs is 1. The largest absolute Gasteiger partial charge is 0.474 e. The number of aromatic amines is 1. The highest BCUT2D eigenvalue weighted by atomic mass is 16.5. The van der Waals surface area contributed by atoms with E-state index in [1.54, 1.807) is 24.8 Å². The molecule has 0 fully saturated rings. The highest BCUT2D eigenvalue weighted by molar-refractivity contribution is 5.74. The maximum absolute atomic E-state index is 5.61. The summed E-state index contributed by atoms with van der Waals surface area (Å²) in [5.41, 5.74) is 1.49. The summed E-state index contributed by atoms with van der Waals surface area (Å²) in [5, 5.41) is 10.5. The average molecular weight is 364 g/mol. The summed E-state index contributed by atoms with van der Waals surface area (Å²) >= 11 is 0. The Balaban J connectivity index is 1.62. The molecule has 4 aromatic rings. The SMILES string of the molecule is CC(C)Oc1cc(-n2cnc3ccc(N[C@@H](C)c4ncccn4)nc32)[nH]n1. The molecule has 9 nitrogen and oxygen atoms in total. The van der Waals surface area contributed by atoms with E-state index in [9.17, 15) is 0 Å². The predicted molar refractivity (Wildman–Crippen MR) is 101 cm³/mol. The molecule has 0 aliphatic heterocycles. The van der Waals surface area contributed by atoms with Gasteiger partial charge in [0.05, 0.1) is 12.1 Å². The molecule has 0 radical (unpaired) electrons. The van der Waals surface area contributed by atoms with Gasteiger partial charge in [-0.05, 0) is 39.0 Å². The summed E-state index contributed by atoms with van der Waals surface area (Å²) in [4.78, 5) is 17.6. The lowest BCUT2D eigenvalue weighted by atomic mass is 10.3. The minimum Gasteiger partial charge on any atom is -0.474 e. The molecule has 27 heavy (non-hydrogen) atoms. The average Bonchev–Trinajstić information content (AvgIpc) is 3.28. The molecule has 4 aromatic heterocycles. The van der Waals surface area contributed by atoms with E-state index in [0.29, 0.717) is 23.2 Å². The van der Waals surface area contributed by atoms with Gasteiger partial charge in [-0.2, -0.15) is 0 Å². The Kier molecular flexibility index (Phi) is 4.41. The number of hydrogen-bond acceptors (Lipinski definition) is 7. The number of hydrogen-bond donors (Lipinski definition) is 2. The van der Waals surface area contributed by atoms with Gasteiger partial charge in [0.25, 0.3) is 0 Å². The molecule has 138 valence electrons. The monoisotopic (exact) mass is 364 g/mol. The molecule has 0 aromatic carbocycles. The third-order valence-electron chi connectivity index (χ3n) is 3.89. The lowest BCUT2D eigenvalue weighted by molar-refractivity contribution is 0.232. The molecule has 0 aliphatic rings. The first-order valence-corrected chi connectivity index (χ1v) is 8.70. The van der Waals surface area contributed by atoms with E-state index in [1.807, 2.05) is 43.5 Å². The van der Waals surface area contributed by atoms with Gasteiger partial charge < -0.3 is 10.1 Å². The second-order valence-electron chi connectivity index (χ2n) is 6.38. The molecular formula is C18H20N8O. The van der Waals surface area contributed by atoms with Gasteiger partial charge in [-0.3, -0.25) is 9.67 Å². The highest BCUT2D eigenvalue weighted by Crippen LogP contribution is 2.21. The first-order valence-electron chi connectivity index (χ1n) is 8.70. The molecule has 4 rings (SSSR count). The van der Waals surface area contributed by atoms with Crippen molar-refractivity contribution in [2.75, 3.05) is 5.32 Å². The predicted octanol–water partition coefficient (Wildman–Crippen LogP) is 2.89. The van der Waals surface area contributed by atoms with E-state index in [1.165, 1.54) is 0 Å². The Morgan fingerprint density at radius 1 is 1.11 bits per heavy atom. The van der Waals surface area contributed by atoms with Gasteiger partial charge in [0.15, 0.2) is 5.65 Å². The van der Waals surface area contributed by atoms with Crippen LogP contribution in [0.25, 0.3) is 17.0 Å². The van der Waals surface area contributed by atoms with E-state index in [-0.39, 0.29) is 12.1 Å². The third kappa shape index (κ3) is 3.57. The van der Waals surface area contributed by atoms with Crippen LogP contribution in [0.4, 0.5) is 5.82 Å². The van der Waals surface area contributed by atoms with Crippen LogP contribution in [-0.2, 0) is 0 Å². The Labute approximate surface area is 155 Å². The molecule has 1 atom stereocenters. The van der Waals surface area contributed by atoms with Crippen molar-refractivity contribution in [1.29, 1.82) is 0 Å². The van der Waals surface area contributed by atoms with E-state index in [2.05, 4.69) is 30.5 Å². The van der Waals surface area contributed by atoms with Crippen LogP contribution in [0.15, 0.2) is 43.0 Å². The number of pyridine rings is 1. The zero-order chi connectivity index (χ0) is 18.8. The van der Waals surface area contributed by atoms with Crippen molar-refractivity contribution in [2.45, 2.75) is 32.9 Å². The fraction of sp³-hybridized carbons (Fsp3) is 0.278. The van der Waals surface area contributed by atoms with E-state index in [4.69, 9.17) is 9.72 Å². The number of rotatable bonds is 6. The highest BCUT2D eigenvalue weighted by Gasteiger charge is 2.13. The molecule has 2 N–H and O–H groups in total. The van der Waals surface area contributed by atoms with Gasteiger partial charge in [0.2, 0.25) is 5.88 Å². The molecule has 0 bridgehead atoms. The number of ether oxygens (including phenoxy) is 1. The summed E-state index contributed by atoms with van der Waals surface area (Å²) < 4.78 is 7.45. The summed E-state index contributed by atoms with van der Waals surface area (Å²) in [6.07, 6.45) is 5.21. The number of imidazole rings is 1. The smallest absolute Gasteiger partial charge is 0.234 e. The van der Waals surface area contributed by atoms with Gasteiger partial charge in [-0.15, -0.1) is 5.10 Å². The van der Waals surface area contributed by atoms with Crippen molar-refractivity contribution >= 4 is 17.0 Å². The first kappa shape index (κ1) is 17.0. The molecule has 0 unspecified atom stereocenters. The second kappa shape index (κ2) is 7.02. The van der Waals surface area contributed by atoms with E-state index < -0.39 is 0 Å². The molecular weight excluding hydrogens is 344 g/mol. The fourth-order valence-corrected chi connectivity index (χ4v) is 2.69. The van der Waals surface area contributed by atoms with Gasteiger partial charge in [0.1, 0.15) is 29.3 Å². The number of H-pyrrole nitrogens is 1. The van der Waals surface area contributed by atoms with Gasteiger partial charge in [-0.25, -0.2) is 19.9 Å². The molecule has 9 heteroatoms. The molecule has 0 saturated heterocycles. The number of aromatic nitrogens is 7. The van der Waals surface area contributed by atoms with Gasteiger partial charge in [0, 0.05) is 18.5 Å². The van der Waals surface area contributed by atoms with Crippen LogP contribution < -0.4 is 10.1 Å². The van der Waals surface area contributed by atoms with Crippen LogP contribution in [0.3, 0.4) is 0 Å². The van der Waals surface area contributed by atoms with Crippen molar-refractivity contribution in [3.05, 3.63) is 48.8 Å². The van der Waals surface area contributed by atoms with Crippen LogP contribution in [0, 0.1) is 0 Å². The van der Waals surface area contributed by atoms with E-state index >= 15 is 0 Å². The molecule has 0 saturated carbocycles. The summed E-state index contributed by atoms with van der Waals surface area (Å²) in [5.74, 6) is 2.68. The minimum absolute atomic E-state index is 0.0521. The topological polar surface area (TPSA) is 106 Å². The quantitative estimate of drug-likeness (QED) is 0.542. The summed E-state index contributed by atoms with van der Waals surface area (Å²) in [6.45, 7) is 5.90. The third-order valence-corrected chi connectivity index (χ3v) is 3.89. The maximum atomic E-state index is 5.61. The lowest BCUT2D eigenvalue weighted by Crippen LogP contribution is -2.11. The Hall–Kier alpha value is -3.49. The van der Waals surface area contributed by atoms with Crippen LogP contribution in [-0.4, -0.2) is 40.8 Å². The lowest BCUT2D eigenvalue weighted by Gasteiger charge is -2.13. The maximum Gasteiger partial charge on any atom is 0.234 e. The standard InChI is InChI=1S/C18H20N8O/c1-11(2)27-16-9-15(24-25-16)26-10-21-13-5-6-14(23-18(13)26)22-12(3)17-19-7-4-8-20-17/h4-12H,1-3H3,(H,22,23)(H,24,25)/t12-/m0/s1. The van der Waals surface area contributed by atoms with Gasteiger partial charge >= 0.3 is 0 Å². The summed E-state index contributed by atoms with van der Waals surface area (Å²) in [7, 11) is 0. The van der Waals surface area contributed by atoms with Crippen LogP contribution in [0.1, 0.15) is 32.6 Å². The number of nitrogens with zero attached hydrogens (tertiary/aromatic N) is 6. The van der Waals surface area contributed by atoms with Crippen LogP contribution >= 0.6 is 0 Å². The normalized spacial score (nSPS) is 12.4. The number of anilines is 1. The molecule has 4 heterocycles. The fourth-order valence-electron chi connectivity index (χ4n) is 2.69. The van der Waals surface area contributed by atoms with Gasteiger partial charge in [-0.1, -0.05) is 0 Å². The van der Waals surface area contributed by atoms with Crippen molar-refractivity contribution in [3.8, 4) is 11.7 Å². The Morgan fingerprint density at radius 3 is 2.70 bits per heavy atom. The number of nitrogens with one attached hydrogen (secondary N) is 2. The van der Waals surface area contributed by atoms with Crippen LogP contribution in [0.5, 0.6) is 5.88 Å². The zero-order valence-corrected chi connectivity index (χ0v) is 15.3. The molecule has 0 aliphatic carbocycles. The Bertz CT molecular complexity index is 1040. The Morgan fingerprint density at radius 2 is 1.93 bits per heavy atom. The molecule has 0 amide bonds. The van der Waals surface area contributed by atoms with Crippen molar-refractivity contribution in [2.24, 2.45) is 0 Å². The second-order valence-corrected chi connectivity index (χ2v) is 6.38. The summed E-state index contributed by atoms with van der Waals surface area (Å²) in [6, 6.07) is 7.34. The van der Waals surface area contributed by atoms with E-state index in [0.717, 1.165) is 11.3 Å². The molecule has 0 spiro atoms.